The standard InChI is InChI=1S/C14H18O2/c1-4-5-9-14(15)12-7-6-8-13(10-12)16-11(2)3/h6-8,10-11,14-15H,9H2,1-3H3. The van der Waals surface area contributed by atoms with Crippen LogP contribution in [0, 0.1) is 11.8 Å². The molecule has 0 fully saturated rings. The van der Waals surface area contributed by atoms with Gasteiger partial charge < -0.3 is 9.84 Å². The molecule has 0 aliphatic carbocycles. The van der Waals surface area contributed by atoms with Gasteiger partial charge in [0.15, 0.2) is 0 Å². The molecule has 0 amide bonds. The number of aliphatic hydroxyl groups is 1. The quantitative estimate of drug-likeness (QED) is 0.787. The zero-order valence-corrected chi connectivity index (χ0v) is 10.0. The molecule has 0 saturated heterocycles. The van der Waals surface area contributed by atoms with Gasteiger partial charge in [-0.2, -0.15) is 0 Å². The minimum absolute atomic E-state index is 0.142. The van der Waals surface area contributed by atoms with E-state index in [1.807, 2.05) is 38.1 Å². The van der Waals surface area contributed by atoms with Crippen LogP contribution in [0.25, 0.3) is 0 Å². The predicted molar refractivity (Wildman–Crippen MR) is 65.2 cm³/mol. The van der Waals surface area contributed by atoms with Gasteiger partial charge in [-0.05, 0) is 38.5 Å². The normalized spacial score (nSPS) is 11.8. The maximum atomic E-state index is 9.85. The second kappa shape index (κ2) is 6.19. The average molecular weight is 218 g/mol. The van der Waals surface area contributed by atoms with E-state index >= 15 is 0 Å². The molecule has 1 unspecified atom stereocenters. The lowest BCUT2D eigenvalue weighted by atomic mass is 10.1. The van der Waals surface area contributed by atoms with E-state index in [9.17, 15) is 5.11 Å². The molecular weight excluding hydrogens is 200 g/mol. The summed E-state index contributed by atoms with van der Waals surface area (Å²) < 4.78 is 5.56. The molecule has 0 aliphatic rings. The van der Waals surface area contributed by atoms with Gasteiger partial charge in [0.25, 0.3) is 0 Å². The first-order valence-corrected chi connectivity index (χ1v) is 5.47. The van der Waals surface area contributed by atoms with Crippen LogP contribution in [-0.2, 0) is 0 Å². The highest BCUT2D eigenvalue weighted by molar-refractivity contribution is 5.30. The van der Waals surface area contributed by atoms with E-state index in [2.05, 4.69) is 11.8 Å². The highest BCUT2D eigenvalue weighted by Gasteiger charge is 2.07. The van der Waals surface area contributed by atoms with Crippen LogP contribution in [0.3, 0.4) is 0 Å². The first-order chi connectivity index (χ1) is 7.63. The van der Waals surface area contributed by atoms with Gasteiger partial charge in [-0.1, -0.05) is 12.1 Å². The van der Waals surface area contributed by atoms with Crippen LogP contribution in [0.5, 0.6) is 5.75 Å². The second-order valence-corrected chi connectivity index (χ2v) is 3.89. The van der Waals surface area contributed by atoms with Gasteiger partial charge >= 0.3 is 0 Å². The zero-order valence-electron chi connectivity index (χ0n) is 10.0. The molecule has 0 aliphatic heterocycles. The van der Waals surface area contributed by atoms with Crippen molar-refractivity contribution in [2.75, 3.05) is 0 Å². The van der Waals surface area contributed by atoms with Crippen molar-refractivity contribution in [3.05, 3.63) is 29.8 Å². The molecule has 0 spiro atoms. The summed E-state index contributed by atoms with van der Waals surface area (Å²) in [6.07, 6.45) is 0.0627. The maximum Gasteiger partial charge on any atom is 0.120 e. The highest BCUT2D eigenvalue weighted by atomic mass is 16.5. The van der Waals surface area contributed by atoms with Crippen molar-refractivity contribution in [3.8, 4) is 17.6 Å². The molecule has 0 saturated carbocycles. The molecule has 1 rings (SSSR count). The molecule has 0 bridgehead atoms. The molecular formula is C14H18O2. The Morgan fingerprint density at radius 3 is 2.75 bits per heavy atom. The number of rotatable bonds is 4. The third kappa shape index (κ3) is 3.96. The highest BCUT2D eigenvalue weighted by Crippen LogP contribution is 2.21. The van der Waals surface area contributed by atoms with Gasteiger partial charge in [0.2, 0.25) is 0 Å². The number of hydrogen-bond acceptors (Lipinski definition) is 2. The fraction of sp³-hybridized carbons (Fsp3) is 0.429. The Bertz CT molecular complexity index is 385. The van der Waals surface area contributed by atoms with Gasteiger partial charge in [0.05, 0.1) is 12.2 Å². The van der Waals surface area contributed by atoms with Crippen molar-refractivity contribution >= 4 is 0 Å². The van der Waals surface area contributed by atoms with Crippen LogP contribution < -0.4 is 4.74 Å². The minimum atomic E-state index is -0.539. The van der Waals surface area contributed by atoms with E-state index in [1.54, 1.807) is 6.92 Å². The van der Waals surface area contributed by atoms with Crippen molar-refractivity contribution in [3.63, 3.8) is 0 Å². The van der Waals surface area contributed by atoms with E-state index in [0.29, 0.717) is 6.42 Å². The minimum Gasteiger partial charge on any atom is -0.491 e. The van der Waals surface area contributed by atoms with Gasteiger partial charge in [0.1, 0.15) is 5.75 Å². The third-order valence-electron chi connectivity index (χ3n) is 2.09. The van der Waals surface area contributed by atoms with Crippen LogP contribution >= 0.6 is 0 Å². The molecule has 16 heavy (non-hydrogen) atoms. The van der Waals surface area contributed by atoms with Crippen LogP contribution in [0.2, 0.25) is 0 Å². The number of ether oxygens (including phenoxy) is 1. The molecule has 1 aromatic carbocycles. The summed E-state index contributed by atoms with van der Waals surface area (Å²) >= 11 is 0. The van der Waals surface area contributed by atoms with E-state index in [0.717, 1.165) is 11.3 Å². The van der Waals surface area contributed by atoms with E-state index in [-0.39, 0.29) is 6.10 Å². The smallest absolute Gasteiger partial charge is 0.120 e. The van der Waals surface area contributed by atoms with Crippen molar-refractivity contribution < 1.29 is 9.84 Å². The van der Waals surface area contributed by atoms with Crippen molar-refractivity contribution in [2.24, 2.45) is 0 Å². The second-order valence-electron chi connectivity index (χ2n) is 3.89. The lowest BCUT2D eigenvalue weighted by molar-refractivity contribution is 0.182. The molecule has 0 heterocycles. The monoisotopic (exact) mass is 218 g/mol. The first-order valence-electron chi connectivity index (χ1n) is 5.47. The Morgan fingerprint density at radius 2 is 2.12 bits per heavy atom. The lowest BCUT2D eigenvalue weighted by Crippen LogP contribution is -2.06. The van der Waals surface area contributed by atoms with E-state index < -0.39 is 6.10 Å². The molecule has 1 N–H and O–H groups in total. The Balaban J connectivity index is 2.75. The van der Waals surface area contributed by atoms with Crippen LogP contribution in [-0.4, -0.2) is 11.2 Å². The molecule has 2 heteroatoms. The third-order valence-corrected chi connectivity index (χ3v) is 2.09. The van der Waals surface area contributed by atoms with Gasteiger partial charge in [0, 0.05) is 6.42 Å². The van der Waals surface area contributed by atoms with Gasteiger partial charge in [-0.3, -0.25) is 0 Å². The molecule has 86 valence electrons. The molecule has 0 radical (unpaired) electrons. The summed E-state index contributed by atoms with van der Waals surface area (Å²) in [6, 6.07) is 7.52. The summed E-state index contributed by atoms with van der Waals surface area (Å²) in [5.74, 6) is 6.43. The lowest BCUT2D eigenvalue weighted by Gasteiger charge is -2.12. The number of aliphatic hydroxyl groups excluding tert-OH is 1. The molecule has 1 aromatic rings. The Labute approximate surface area is 97.3 Å². The number of hydrogen-bond donors (Lipinski definition) is 1. The fourth-order valence-electron chi connectivity index (χ4n) is 1.38. The van der Waals surface area contributed by atoms with Crippen LogP contribution in [0.1, 0.15) is 38.9 Å². The topological polar surface area (TPSA) is 29.5 Å². The Hall–Kier alpha value is -1.46. The summed E-state index contributed by atoms with van der Waals surface area (Å²) in [7, 11) is 0. The van der Waals surface area contributed by atoms with E-state index in [1.165, 1.54) is 0 Å². The molecule has 0 aromatic heterocycles. The largest absolute Gasteiger partial charge is 0.491 e. The van der Waals surface area contributed by atoms with Crippen LogP contribution in [0.15, 0.2) is 24.3 Å². The Kier molecular flexibility index (Phi) is 4.88. The zero-order chi connectivity index (χ0) is 12.0. The van der Waals surface area contributed by atoms with Crippen molar-refractivity contribution in [1.82, 2.24) is 0 Å². The van der Waals surface area contributed by atoms with Crippen molar-refractivity contribution in [2.45, 2.75) is 39.4 Å². The molecule has 1 atom stereocenters. The van der Waals surface area contributed by atoms with Gasteiger partial charge in [-0.25, -0.2) is 0 Å². The summed E-state index contributed by atoms with van der Waals surface area (Å²) in [4.78, 5) is 0. The van der Waals surface area contributed by atoms with Gasteiger partial charge in [-0.15, -0.1) is 11.8 Å². The summed E-state index contributed by atoms with van der Waals surface area (Å²) in [5.41, 5.74) is 0.848. The molecule has 2 nitrogen and oxygen atoms in total. The van der Waals surface area contributed by atoms with Crippen molar-refractivity contribution in [1.29, 1.82) is 0 Å². The number of benzene rings is 1. The summed E-state index contributed by atoms with van der Waals surface area (Å²) in [6.45, 7) is 5.72. The first kappa shape index (κ1) is 12.6. The summed E-state index contributed by atoms with van der Waals surface area (Å²) in [5, 5.41) is 9.85. The average Bonchev–Trinajstić information content (AvgIpc) is 2.25. The van der Waals surface area contributed by atoms with E-state index in [4.69, 9.17) is 4.74 Å². The fourth-order valence-corrected chi connectivity index (χ4v) is 1.38. The van der Waals surface area contributed by atoms with Crippen LogP contribution in [0.4, 0.5) is 0 Å². The SMILES string of the molecule is CC#CCC(O)c1cccc(OC(C)C)c1. The Morgan fingerprint density at radius 1 is 1.38 bits per heavy atom. The predicted octanol–water partition coefficient (Wildman–Crippen LogP) is 2.92. The maximum absolute atomic E-state index is 9.85.